The van der Waals surface area contributed by atoms with Crippen LogP contribution < -0.4 is 0 Å². The molecule has 3 nitrogen and oxygen atoms in total. The van der Waals surface area contributed by atoms with Gasteiger partial charge in [-0.15, -0.1) is 0 Å². The molecule has 0 aromatic carbocycles. The molecule has 0 saturated carbocycles. The van der Waals surface area contributed by atoms with Crippen molar-refractivity contribution in [2.24, 2.45) is 0 Å². The van der Waals surface area contributed by atoms with E-state index in [0.717, 1.165) is 31.4 Å². The minimum absolute atomic E-state index is 0.384. The second-order valence-corrected chi connectivity index (χ2v) is 4.86. The predicted octanol–water partition coefficient (Wildman–Crippen LogP) is 3.22. The highest BCUT2D eigenvalue weighted by atomic mass is 16.3. The van der Waals surface area contributed by atoms with E-state index in [2.05, 4.69) is 18.1 Å². The lowest BCUT2D eigenvalue weighted by Crippen LogP contribution is -2.01. The van der Waals surface area contributed by atoms with Crippen molar-refractivity contribution in [1.82, 2.24) is 9.78 Å². The van der Waals surface area contributed by atoms with Gasteiger partial charge in [-0.05, 0) is 38.5 Å². The van der Waals surface area contributed by atoms with Gasteiger partial charge in [-0.1, -0.05) is 18.6 Å². The second-order valence-electron chi connectivity index (χ2n) is 4.86. The molecule has 0 spiro atoms. The van der Waals surface area contributed by atoms with E-state index in [9.17, 15) is 5.11 Å². The summed E-state index contributed by atoms with van der Waals surface area (Å²) in [6.45, 7) is 3.06. The van der Waals surface area contributed by atoms with Crippen LogP contribution >= 0.6 is 0 Å². The standard InChI is InChI=1S/C14H22N2O/c1-2-8-16-11-13(10-15-16)14(17)9-12-6-4-3-5-7-12/h6,10-11,14,17H,2-5,7-9H2,1H3. The third kappa shape index (κ3) is 3.43. The molecule has 0 saturated heterocycles. The zero-order valence-electron chi connectivity index (χ0n) is 10.6. The Morgan fingerprint density at radius 3 is 3.06 bits per heavy atom. The Morgan fingerprint density at radius 2 is 2.35 bits per heavy atom. The van der Waals surface area contributed by atoms with Crippen molar-refractivity contribution >= 4 is 0 Å². The summed E-state index contributed by atoms with van der Waals surface area (Å²) in [6.07, 6.45) is 12.4. The lowest BCUT2D eigenvalue weighted by Gasteiger charge is -2.15. The number of nitrogens with zero attached hydrogens (tertiary/aromatic N) is 2. The van der Waals surface area contributed by atoms with Gasteiger partial charge in [0.1, 0.15) is 0 Å². The molecule has 3 heteroatoms. The van der Waals surface area contributed by atoms with E-state index in [1.165, 1.54) is 24.8 Å². The number of aromatic nitrogens is 2. The molecule has 1 N–H and O–H groups in total. The van der Waals surface area contributed by atoms with E-state index in [1.807, 2.05) is 10.9 Å². The monoisotopic (exact) mass is 234 g/mol. The van der Waals surface area contributed by atoms with Gasteiger partial charge in [0.15, 0.2) is 0 Å². The normalized spacial score (nSPS) is 17.9. The van der Waals surface area contributed by atoms with Crippen LogP contribution in [0.15, 0.2) is 24.0 Å². The molecule has 0 amide bonds. The van der Waals surface area contributed by atoms with Crippen LogP contribution in [0.3, 0.4) is 0 Å². The summed E-state index contributed by atoms with van der Waals surface area (Å²) in [5.74, 6) is 0. The average molecular weight is 234 g/mol. The highest BCUT2D eigenvalue weighted by molar-refractivity contribution is 5.14. The van der Waals surface area contributed by atoms with Crippen LogP contribution in [0.5, 0.6) is 0 Å². The van der Waals surface area contributed by atoms with Crippen LogP contribution in [-0.4, -0.2) is 14.9 Å². The fourth-order valence-corrected chi connectivity index (χ4v) is 2.36. The molecule has 94 valence electrons. The first-order valence-electron chi connectivity index (χ1n) is 6.68. The van der Waals surface area contributed by atoms with Crippen molar-refractivity contribution in [3.05, 3.63) is 29.6 Å². The summed E-state index contributed by atoms with van der Waals surface area (Å²) in [5.41, 5.74) is 2.36. The first-order valence-corrected chi connectivity index (χ1v) is 6.68. The summed E-state index contributed by atoms with van der Waals surface area (Å²) < 4.78 is 1.91. The molecule has 1 aromatic heterocycles. The summed E-state index contributed by atoms with van der Waals surface area (Å²) >= 11 is 0. The zero-order valence-corrected chi connectivity index (χ0v) is 10.6. The van der Waals surface area contributed by atoms with E-state index >= 15 is 0 Å². The zero-order chi connectivity index (χ0) is 12.1. The molecule has 1 heterocycles. The fraction of sp³-hybridized carbons (Fsp3) is 0.643. The Balaban J connectivity index is 1.93. The van der Waals surface area contributed by atoms with E-state index < -0.39 is 0 Å². The highest BCUT2D eigenvalue weighted by Gasteiger charge is 2.13. The fourth-order valence-electron chi connectivity index (χ4n) is 2.36. The number of rotatable bonds is 5. The van der Waals surface area contributed by atoms with Crippen molar-refractivity contribution in [3.8, 4) is 0 Å². The number of allylic oxidation sites excluding steroid dienone is 1. The second kappa shape index (κ2) is 6.01. The van der Waals surface area contributed by atoms with Gasteiger partial charge in [-0.25, -0.2) is 0 Å². The Morgan fingerprint density at radius 1 is 1.47 bits per heavy atom. The minimum Gasteiger partial charge on any atom is -0.388 e. The number of aryl methyl sites for hydroxylation is 1. The third-order valence-corrected chi connectivity index (χ3v) is 3.33. The quantitative estimate of drug-likeness (QED) is 0.794. The maximum absolute atomic E-state index is 10.2. The maximum atomic E-state index is 10.2. The molecule has 0 bridgehead atoms. The first kappa shape index (κ1) is 12.4. The Hall–Kier alpha value is -1.09. The Labute approximate surface area is 103 Å². The van der Waals surface area contributed by atoms with Gasteiger partial charge < -0.3 is 5.11 Å². The minimum atomic E-state index is -0.384. The van der Waals surface area contributed by atoms with Crippen LogP contribution in [0.4, 0.5) is 0 Å². The molecule has 1 unspecified atom stereocenters. The smallest absolute Gasteiger partial charge is 0.0857 e. The predicted molar refractivity (Wildman–Crippen MR) is 68.6 cm³/mol. The molecular formula is C14H22N2O. The SMILES string of the molecule is CCCn1cc(C(O)CC2=CCCCC2)cn1. The molecule has 1 aromatic rings. The van der Waals surface area contributed by atoms with Gasteiger partial charge in [0, 0.05) is 18.3 Å². The number of hydrogen-bond acceptors (Lipinski definition) is 2. The van der Waals surface area contributed by atoms with E-state index in [0.29, 0.717) is 0 Å². The van der Waals surface area contributed by atoms with Gasteiger partial charge in [-0.3, -0.25) is 4.68 Å². The van der Waals surface area contributed by atoms with E-state index in [1.54, 1.807) is 6.20 Å². The van der Waals surface area contributed by atoms with Crippen molar-refractivity contribution in [1.29, 1.82) is 0 Å². The number of hydrogen-bond donors (Lipinski definition) is 1. The molecule has 0 fully saturated rings. The van der Waals surface area contributed by atoms with E-state index in [4.69, 9.17) is 0 Å². The number of aliphatic hydroxyl groups excluding tert-OH is 1. The number of aliphatic hydroxyl groups is 1. The van der Waals surface area contributed by atoms with Crippen molar-refractivity contribution in [3.63, 3.8) is 0 Å². The molecule has 2 rings (SSSR count). The van der Waals surface area contributed by atoms with Crippen molar-refractivity contribution < 1.29 is 5.11 Å². The van der Waals surface area contributed by atoms with Gasteiger partial charge in [0.05, 0.1) is 12.3 Å². The average Bonchev–Trinajstić information content (AvgIpc) is 2.79. The maximum Gasteiger partial charge on any atom is 0.0857 e. The summed E-state index contributed by atoms with van der Waals surface area (Å²) in [6, 6.07) is 0. The molecular weight excluding hydrogens is 212 g/mol. The molecule has 0 aliphatic heterocycles. The molecule has 17 heavy (non-hydrogen) atoms. The first-order chi connectivity index (χ1) is 8.29. The van der Waals surface area contributed by atoms with E-state index in [-0.39, 0.29) is 6.10 Å². The van der Waals surface area contributed by atoms with Crippen LogP contribution in [-0.2, 0) is 6.54 Å². The largest absolute Gasteiger partial charge is 0.388 e. The van der Waals surface area contributed by atoms with Crippen LogP contribution in [0.1, 0.15) is 57.1 Å². The Kier molecular flexibility index (Phi) is 4.37. The third-order valence-electron chi connectivity index (χ3n) is 3.33. The van der Waals surface area contributed by atoms with Gasteiger partial charge in [0.25, 0.3) is 0 Å². The summed E-state index contributed by atoms with van der Waals surface area (Å²) in [4.78, 5) is 0. The highest BCUT2D eigenvalue weighted by Crippen LogP contribution is 2.27. The van der Waals surface area contributed by atoms with Gasteiger partial charge >= 0.3 is 0 Å². The van der Waals surface area contributed by atoms with Crippen LogP contribution in [0.2, 0.25) is 0 Å². The van der Waals surface area contributed by atoms with Gasteiger partial charge in [0.2, 0.25) is 0 Å². The summed E-state index contributed by atoms with van der Waals surface area (Å²) in [7, 11) is 0. The van der Waals surface area contributed by atoms with Crippen LogP contribution in [0.25, 0.3) is 0 Å². The van der Waals surface area contributed by atoms with Crippen molar-refractivity contribution in [2.45, 2.75) is 58.1 Å². The van der Waals surface area contributed by atoms with Crippen LogP contribution in [0, 0.1) is 0 Å². The van der Waals surface area contributed by atoms with Gasteiger partial charge in [-0.2, -0.15) is 5.10 Å². The molecule has 1 atom stereocenters. The molecule has 1 aliphatic carbocycles. The molecule has 1 aliphatic rings. The molecule has 0 radical (unpaired) electrons. The van der Waals surface area contributed by atoms with Crippen molar-refractivity contribution in [2.75, 3.05) is 0 Å². The lowest BCUT2D eigenvalue weighted by atomic mass is 9.94. The Bertz CT molecular complexity index is 381. The topological polar surface area (TPSA) is 38.0 Å². The summed E-state index contributed by atoms with van der Waals surface area (Å²) in [5, 5.41) is 14.4. The lowest BCUT2D eigenvalue weighted by molar-refractivity contribution is 0.176.